The molecule has 9 heteroatoms. The molecule has 1 aromatic carbocycles. The first kappa shape index (κ1) is 23.8. The van der Waals surface area contributed by atoms with Crippen LogP contribution in [0.15, 0.2) is 29.3 Å². The van der Waals surface area contributed by atoms with Crippen molar-refractivity contribution in [2.45, 2.75) is 31.8 Å². The zero-order chi connectivity index (χ0) is 20.9. The average Bonchev–Trinajstić information content (AvgIpc) is 3.34. The molecule has 4 rings (SSSR count). The highest BCUT2D eigenvalue weighted by atomic mass is 127. The highest BCUT2D eigenvalue weighted by Gasteiger charge is 2.31. The second-order valence-electron chi connectivity index (χ2n) is 7.99. The minimum Gasteiger partial charge on any atom is -0.368 e. The summed E-state index contributed by atoms with van der Waals surface area (Å²) in [4.78, 5) is 35.6. The van der Waals surface area contributed by atoms with Crippen molar-refractivity contribution in [2.24, 2.45) is 4.99 Å². The van der Waals surface area contributed by atoms with Crippen LogP contribution in [0, 0.1) is 0 Å². The van der Waals surface area contributed by atoms with Gasteiger partial charge in [0.25, 0.3) is 5.91 Å². The van der Waals surface area contributed by atoms with Gasteiger partial charge in [0, 0.05) is 52.1 Å². The van der Waals surface area contributed by atoms with Crippen LogP contribution < -0.4 is 10.2 Å². The van der Waals surface area contributed by atoms with Crippen LogP contribution >= 0.6 is 24.0 Å². The molecule has 0 spiro atoms. The van der Waals surface area contributed by atoms with Gasteiger partial charge in [-0.1, -0.05) is 18.2 Å². The summed E-state index contributed by atoms with van der Waals surface area (Å²) < 4.78 is 5.53. The van der Waals surface area contributed by atoms with Gasteiger partial charge in [0.05, 0.1) is 6.54 Å². The number of hydrogen-bond acceptors (Lipinski definition) is 4. The predicted octanol–water partition coefficient (Wildman–Crippen LogP) is 1.48. The van der Waals surface area contributed by atoms with Gasteiger partial charge in [-0.3, -0.25) is 14.6 Å². The SMILES string of the molecule is CN=C(NCC(=O)N1CCCc2ccccc21)N1CCN(C(=O)C2CCCO2)CC1.I. The molecule has 31 heavy (non-hydrogen) atoms. The van der Waals surface area contributed by atoms with E-state index in [1.54, 1.807) is 7.05 Å². The number of guanidine groups is 1. The van der Waals surface area contributed by atoms with Crippen LogP contribution in [-0.2, 0) is 20.7 Å². The number of anilines is 1. The lowest BCUT2D eigenvalue weighted by Gasteiger charge is -2.37. The highest BCUT2D eigenvalue weighted by molar-refractivity contribution is 14.0. The monoisotopic (exact) mass is 541 g/mol. The number of benzene rings is 1. The normalized spacial score (nSPS) is 21.4. The lowest BCUT2D eigenvalue weighted by atomic mass is 10.0. The van der Waals surface area contributed by atoms with E-state index in [-0.39, 0.29) is 48.4 Å². The van der Waals surface area contributed by atoms with Crippen molar-refractivity contribution < 1.29 is 14.3 Å². The summed E-state index contributed by atoms with van der Waals surface area (Å²) in [6.07, 6.45) is 3.52. The van der Waals surface area contributed by atoms with Crippen LogP contribution in [0.5, 0.6) is 0 Å². The van der Waals surface area contributed by atoms with Crippen molar-refractivity contribution in [2.75, 3.05) is 57.8 Å². The fourth-order valence-electron chi connectivity index (χ4n) is 4.49. The molecule has 2 amide bonds. The Morgan fingerprint density at radius 3 is 2.55 bits per heavy atom. The van der Waals surface area contributed by atoms with Crippen molar-refractivity contribution in [1.29, 1.82) is 0 Å². The van der Waals surface area contributed by atoms with Crippen LogP contribution in [0.25, 0.3) is 0 Å². The van der Waals surface area contributed by atoms with Gasteiger partial charge in [-0.15, -0.1) is 24.0 Å². The van der Waals surface area contributed by atoms with E-state index in [4.69, 9.17) is 4.74 Å². The van der Waals surface area contributed by atoms with Crippen LogP contribution in [0.4, 0.5) is 5.69 Å². The van der Waals surface area contributed by atoms with E-state index in [0.29, 0.717) is 38.7 Å². The Morgan fingerprint density at radius 2 is 1.84 bits per heavy atom. The largest absolute Gasteiger partial charge is 0.368 e. The van der Waals surface area contributed by atoms with Gasteiger partial charge in [0.1, 0.15) is 6.10 Å². The lowest BCUT2D eigenvalue weighted by molar-refractivity contribution is -0.142. The average molecular weight is 541 g/mol. The minimum absolute atomic E-state index is 0. The van der Waals surface area contributed by atoms with Crippen molar-refractivity contribution in [3.05, 3.63) is 29.8 Å². The zero-order valence-corrected chi connectivity index (χ0v) is 20.4. The predicted molar refractivity (Wildman–Crippen MR) is 131 cm³/mol. The number of halogens is 1. The van der Waals surface area contributed by atoms with Gasteiger partial charge in [-0.25, -0.2) is 0 Å². The van der Waals surface area contributed by atoms with Gasteiger partial charge in [0.2, 0.25) is 5.91 Å². The molecule has 0 radical (unpaired) electrons. The van der Waals surface area contributed by atoms with Gasteiger partial charge in [0.15, 0.2) is 5.96 Å². The molecule has 3 aliphatic rings. The first-order valence-corrected chi connectivity index (χ1v) is 10.9. The molecule has 0 aromatic heterocycles. The van der Waals surface area contributed by atoms with Gasteiger partial charge in [-0.05, 0) is 37.3 Å². The Morgan fingerprint density at radius 1 is 1.10 bits per heavy atom. The third-order valence-electron chi connectivity index (χ3n) is 6.12. The van der Waals surface area contributed by atoms with E-state index in [0.717, 1.165) is 37.9 Å². The van der Waals surface area contributed by atoms with Gasteiger partial charge in [-0.2, -0.15) is 0 Å². The second-order valence-corrected chi connectivity index (χ2v) is 7.99. The van der Waals surface area contributed by atoms with Gasteiger partial charge >= 0.3 is 0 Å². The minimum atomic E-state index is -0.265. The fourth-order valence-corrected chi connectivity index (χ4v) is 4.49. The lowest BCUT2D eigenvalue weighted by Crippen LogP contribution is -2.56. The second kappa shape index (κ2) is 11.1. The molecule has 3 aliphatic heterocycles. The summed E-state index contributed by atoms with van der Waals surface area (Å²) in [6.45, 7) is 4.32. The summed E-state index contributed by atoms with van der Waals surface area (Å²) in [7, 11) is 1.73. The van der Waals surface area contributed by atoms with Gasteiger partial charge < -0.3 is 24.8 Å². The maximum Gasteiger partial charge on any atom is 0.251 e. The van der Waals surface area contributed by atoms with Crippen molar-refractivity contribution in [3.8, 4) is 0 Å². The molecule has 1 N–H and O–H groups in total. The summed E-state index contributed by atoms with van der Waals surface area (Å²) in [5, 5.41) is 3.22. The van der Waals surface area contributed by atoms with E-state index in [2.05, 4.69) is 21.3 Å². The van der Waals surface area contributed by atoms with Crippen molar-refractivity contribution in [3.63, 3.8) is 0 Å². The number of rotatable bonds is 3. The first-order chi connectivity index (χ1) is 14.7. The Labute approximate surface area is 201 Å². The van der Waals surface area contributed by atoms with Crippen LogP contribution in [0.3, 0.4) is 0 Å². The summed E-state index contributed by atoms with van der Waals surface area (Å²) in [5.74, 6) is 0.863. The zero-order valence-electron chi connectivity index (χ0n) is 18.1. The first-order valence-electron chi connectivity index (χ1n) is 10.9. The quantitative estimate of drug-likeness (QED) is 0.357. The Balaban J connectivity index is 0.00000272. The summed E-state index contributed by atoms with van der Waals surface area (Å²) in [5.41, 5.74) is 2.25. The molecule has 2 saturated heterocycles. The number of amides is 2. The number of fused-ring (bicyclic) bond motifs is 1. The molecule has 0 aliphatic carbocycles. The van der Waals surface area contributed by atoms with Crippen molar-refractivity contribution in [1.82, 2.24) is 15.1 Å². The molecular weight excluding hydrogens is 509 g/mol. The highest BCUT2D eigenvalue weighted by Crippen LogP contribution is 2.26. The summed E-state index contributed by atoms with van der Waals surface area (Å²) >= 11 is 0. The molecule has 1 unspecified atom stereocenters. The number of carbonyl (C=O) groups excluding carboxylic acids is 2. The van der Waals surface area contributed by atoms with E-state index >= 15 is 0 Å². The maximum atomic E-state index is 12.9. The number of hydrogen-bond donors (Lipinski definition) is 1. The standard InChI is InChI=1S/C22H31N5O3.HI/c1-23-22(26-13-11-25(12-14-26)21(29)19-9-5-15-30-19)24-16-20(28)27-10-4-7-17-6-2-3-8-18(17)27;/h2-3,6,8,19H,4-5,7,9-16H2,1H3,(H,23,24);1H. The molecular formula is C22H32IN5O3. The molecule has 0 bridgehead atoms. The number of nitrogens with zero attached hydrogens (tertiary/aromatic N) is 4. The van der Waals surface area contributed by atoms with Crippen LogP contribution in [0.2, 0.25) is 0 Å². The number of para-hydroxylation sites is 1. The Kier molecular flexibility index (Phi) is 8.53. The number of piperazine rings is 1. The number of nitrogens with one attached hydrogen (secondary N) is 1. The molecule has 0 saturated carbocycles. The molecule has 170 valence electrons. The number of ether oxygens (including phenoxy) is 1. The number of carbonyl (C=O) groups is 2. The number of aryl methyl sites for hydroxylation is 1. The molecule has 3 heterocycles. The van der Waals surface area contributed by atoms with E-state index in [9.17, 15) is 9.59 Å². The Bertz CT molecular complexity index is 804. The van der Waals surface area contributed by atoms with E-state index in [1.807, 2.05) is 28.0 Å². The summed E-state index contributed by atoms with van der Waals surface area (Å²) in [6, 6.07) is 8.12. The smallest absolute Gasteiger partial charge is 0.251 e. The molecule has 8 nitrogen and oxygen atoms in total. The Hall–Kier alpha value is -1.88. The molecule has 2 fully saturated rings. The maximum absolute atomic E-state index is 12.9. The third kappa shape index (κ3) is 5.49. The van der Waals surface area contributed by atoms with Crippen LogP contribution in [-0.4, -0.2) is 86.6 Å². The molecule has 1 aromatic rings. The third-order valence-corrected chi connectivity index (χ3v) is 6.12. The molecule has 1 atom stereocenters. The fraction of sp³-hybridized carbons (Fsp3) is 0.591. The number of aliphatic imine (C=N–C) groups is 1. The van der Waals surface area contributed by atoms with Crippen molar-refractivity contribution >= 4 is 47.4 Å². The topological polar surface area (TPSA) is 77.5 Å². The van der Waals surface area contributed by atoms with E-state index < -0.39 is 0 Å². The van der Waals surface area contributed by atoms with Crippen LogP contribution in [0.1, 0.15) is 24.8 Å². The van der Waals surface area contributed by atoms with E-state index in [1.165, 1.54) is 5.56 Å².